The van der Waals surface area contributed by atoms with Crippen molar-refractivity contribution in [1.82, 2.24) is 10.3 Å². The van der Waals surface area contributed by atoms with Crippen molar-refractivity contribution in [3.05, 3.63) is 76.3 Å². The van der Waals surface area contributed by atoms with Gasteiger partial charge in [-0.05, 0) is 60.7 Å². The van der Waals surface area contributed by atoms with Crippen LogP contribution >= 0.6 is 35.4 Å². The Morgan fingerprint density at radius 2 is 1.90 bits per heavy atom. The average molecular weight is 472 g/mol. The molecule has 9 heteroatoms. The van der Waals surface area contributed by atoms with Gasteiger partial charge in [-0.25, -0.2) is 4.98 Å². The van der Waals surface area contributed by atoms with Crippen molar-refractivity contribution in [2.24, 2.45) is 0 Å². The van der Waals surface area contributed by atoms with Gasteiger partial charge in [-0.2, -0.15) is 0 Å². The van der Waals surface area contributed by atoms with Crippen LogP contribution in [-0.2, 0) is 0 Å². The Morgan fingerprint density at radius 3 is 2.71 bits per heavy atom. The summed E-state index contributed by atoms with van der Waals surface area (Å²) in [6.45, 7) is 0. The predicted octanol–water partition coefficient (Wildman–Crippen LogP) is 5.94. The van der Waals surface area contributed by atoms with Crippen molar-refractivity contribution in [2.75, 3.05) is 12.4 Å². The van der Waals surface area contributed by atoms with Crippen LogP contribution in [-0.4, -0.2) is 23.1 Å². The minimum absolute atomic E-state index is 0.136. The molecule has 0 aliphatic heterocycles. The lowest BCUT2D eigenvalue weighted by atomic mass is 10.2. The van der Waals surface area contributed by atoms with E-state index in [1.54, 1.807) is 60.7 Å². The Hall–Kier alpha value is -3.13. The molecule has 1 heterocycles. The third kappa shape index (κ3) is 4.64. The Morgan fingerprint density at radius 1 is 1.10 bits per heavy atom. The molecule has 3 aromatic carbocycles. The van der Waals surface area contributed by atoms with E-state index < -0.39 is 0 Å². The van der Waals surface area contributed by atoms with E-state index in [1.165, 1.54) is 7.11 Å². The van der Waals surface area contributed by atoms with E-state index in [2.05, 4.69) is 15.6 Å². The quantitative estimate of drug-likeness (QED) is 0.358. The summed E-state index contributed by atoms with van der Waals surface area (Å²) in [5.41, 5.74) is 2.77. The Bertz CT molecular complexity index is 1310. The van der Waals surface area contributed by atoms with E-state index in [0.29, 0.717) is 49.6 Å². The van der Waals surface area contributed by atoms with Crippen LogP contribution in [0.1, 0.15) is 10.4 Å². The number of anilines is 1. The van der Waals surface area contributed by atoms with E-state index in [1.807, 2.05) is 0 Å². The number of methoxy groups -OCH3 is 1. The van der Waals surface area contributed by atoms with Crippen LogP contribution < -0.4 is 15.4 Å². The first-order valence-corrected chi connectivity index (χ1v) is 10.2. The summed E-state index contributed by atoms with van der Waals surface area (Å²) in [7, 11) is 1.50. The SMILES string of the molecule is COc1ccccc1C(=O)NC(=S)Nc1ccc2oc(-c3cc(Cl)ccc3Cl)nc2c1. The third-order valence-electron chi connectivity index (χ3n) is 4.38. The second-order valence-corrected chi connectivity index (χ2v) is 7.69. The first-order chi connectivity index (χ1) is 14.9. The number of amides is 1. The van der Waals surface area contributed by atoms with Crippen LogP contribution in [0.25, 0.3) is 22.6 Å². The lowest BCUT2D eigenvalue weighted by Crippen LogP contribution is -2.34. The van der Waals surface area contributed by atoms with Crippen LogP contribution in [0.2, 0.25) is 10.0 Å². The molecule has 0 aliphatic rings. The fourth-order valence-corrected chi connectivity index (χ4v) is 3.53. The number of nitrogens with zero attached hydrogens (tertiary/aromatic N) is 1. The Kier molecular flexibility index (Phi) is 6.08. The maximum Gasteiger partial charge on any atom is 0.261 e. The van der Waals surface area contributed by atoms with Gasteiger partial charge in [0.2, 0.25) is 5.89 Å². The molecule has 0 aliphatic carbocycles. The van der Waals surface area contributed by atoms with Crippen LogP contribution in [0.15, 0.2) is 65.1 Å². The molecule has 31 heavy (non-hydrogen) atoms. The second-order valence-electron chi connectivity index (χ2n) is 6.43. The van der Waals surface area contributed by atoms with E-state index in [-0.39, 0.29) is 11.0 Å². The monoisotopic (exact) mass is 471 g/mol. The molecule has 0 atom stereocenters. The molecule has 6 nitrogen and oxygen atoms in total. The largest absolute Gasteiger partial charge is 0.496 e. The van der Waals surface area contributed by atoms with Crippen molar-refractivity contribution in [3.63, 3.8) is 0 Å². The van der Waals surface area contributed by atoms with E-state index >= 15 is 0 Å². The zero-order valence-corrected chi connectivity index (χ0v) is 18.4. The molecule has 156 valence electrons. The predicted molar refractivity (Wildman–Crippen MR) is 126 cm³/mol. The lowest BCUT2D eigenvalue weighted by Gasteiger charge is -2.11. The van der Waals surface area contributed by atoms with E-state index in [0.717, 1.165) is 0 Å². The highest BCUT2D eigenvalue weighted by molar-refractivity contribution is 7.80. The van der Waals surface area contributed by atoms with E-state index in [9.17, 15) is 4.79 Å². The number of ether oxygens (including phenoxy) is 1. The topological polar surface area (TPSA) is 76.4 Å². The van der Waals surface area contributed by atoms with Crippen molar-refractivity contribution in [2.45, 2.75) is 0 Å². The first-order valence-electron chi connectivity index (χ1n) is 9.06. The van der Waals surface area contributed by atoms with Gasteiger partial charge in [0.25, 0.3) is 5.91 Å². The number of oxazole rings is 1. The molecule has 0 unspecified atom stereocenters. The molecule has 2 N–H and O–H groups in total. The standard InChI is InChI=1S/C22H15Cl2N3O3S/c1-29-18-5-3-2-4-14(18)20(28)27-22(31)25-13-7-9-19-17(11-13)26-21(30-19)15-10-12(23)6-8-16(15)24/h2-11H,1H3,(H2,25,27,28,31). The highest BCUT2D eigenvalue weighted by Gasteiger charge is 2.15. The Labute approximate surface area is 193 Å². The summed E-state index contributed by atoms with van der Waals surface area (Å²) in [6, 6.07) is 17.2. The minimum atomic E-state index is -0.379. The number of rotatable bonds is 4. The molecule has 0 saturated carbocycles. The number of aromatic nitrogens is 1. The number of thiocarbonyl (C=S) groups is 1. The molecule has 1 amide bonds. The van der Waals surface area contributed by atoms with Gasteiger partial charge >= 0.3 is 0 Å². The molecule has 0 radical (unpaired) electrons. The van der Waals surface area contributed by atoms with Gasteiger partial charge in [0.15, 0.2) is 10.7 Å². The fourth-order valence-electron chi connectivity index (χ4n) is 2.95. The highest BCUT2D eigenvalue weighted by Crippen LogP contribution is 2.32. The zero-order chi connectivity index (χ0) is 22.0. The van der Waals surface area contributed by atoms with Crippen LogP contribution in [0, 0.1) is 0 Å². The number of nitrogens with one attached hydrogen (secondary N) is 2. The number of carbonyl (C=O) groups is 1. The highest BCUT2D eigenvalue weighted by atomic mass is 35.5. The van der Waals surface area contributed by atoms with Gasteiger partial charge in [-0.1, -0.05) is 35.3 Å². The number of hydrogen-bond acceptors (Lipinski definition) is 5. The smallest absolute Gasteiger partial charge is 0.261 e. The number of halogens is 2. The number of carbonyl (C=O) groups excluding carboxylic acids is 1. The average Bonchev–Trinajstić information content (AvgIpc) is 3.18. The molecule has 0 bridgehead atoms. The summed E-state index contributed by atoms with van der Waals surface area (Å²) < 4.78 is 11.0. The molecule has 4 aromatic rings. The summed E-state index contributed by atoms with van der Waals surface area (Å²) >= 11 is 17.6. The van der Waals surface area contributed by atoms with Gasteiger partial charge in [0.1, 0.15) is 11.3 Å². The van der Waals surface area contributed by atoms with Crippen molar-refractivity contribution >= 4 is 63.2 Å². The number of fused-ring (bicyclic) bond motifs is 1. The molecule has 0 saturated heterocycles. The van der Waals surface area contributed by atoms with Crippen LogP contribution in [0.3, 0.4) is 0 Å². The second kappa shape index (κ2) is 8.93. The van der Waals surface area contributed by atoms with Crippen molar-refractivity contribution in [1.29, 1.82) is 0 Å². The number of benzene rings is 3. The fraction of sp³-hybridized carbons (Fsp3) is 0.0455. The normalized spacial score (nSPS) is 10.7. The van der Waals surface area contributed by atoms with Crippen LogP contribution in [0.5, 0.6) is 5.75 Å². The number of para-hydroxylation sites is 1. The minimum Gasteiger partial charge on any atom is -0.496 e. The molecular weight excluding hydrogens is 457 g/mol. The molecule has 4 rings (SSSR count). The van der Waals surface area contributed by atoms with Gasteiger partial charge in [0, 0.05) is 10.7 Å². The third-order valence-corrected chi connectivity index (χ3v) is 5.15. The molecule has 0 fully saturated rings. The zero-order valence-electron chi connectivity index (χ0n) is 16.1. The first kappa shape index (κ1) is 21.1. The summed E-state index contributed by atoms with van der Waals surface area (Å²) in [4.78, 5) is 17.0. The van der Waals surface area contributed by atoms with E-state index in [4.69, 9.17) is 44.6 Å². The molecule has 1 aromatic heterocycles. The summed E-state index contributed by atoms with van der Waals surface area (Å²) in [5.74, 6) is 0.432. The van der Waals surface area contributed by atoms with Gasteiger partial charge < -0.3 is 14.5 Å². The van der Waals surface area contributed by atoms with Gasteiger partial charge in [-0.15, -0.1) is 0 Å². The summed E-state index contributed by atoms with van der Waals surface area (Å²) in [6.07, 6.45) is 0. The van der Waals surface area contributed by atoms with Crippen molar-refractivity contribution in [3.8, 4) is 17.2 Å². The van der Waals surface area contributed by atoms with Crippen molar-refractivity contribution < 1.29 is 13.9 Å². The maximum absolute atomic E-state index is 12.5. The summed E-state index contributed by atoms with van der Waals surface area (Å²) in [5, 5.41) is 6.75. The van der Waals surface area contributed by atoms with Gasteiger partial charge in [-0.3, -0.25) is 10.1 Å². The maximum atomic E-state index is 12.5. The number of hydrogen-bond donors (Lipinski definition) is 2. The van der Waals surface area contributed by atoms with Gasteiger partial charge in [0.05, 0.1) is 23.3 Å². The molecular formula is C22H15Cl2N3O3S. The Balaban J connectivity index is 1.52. The lowest BCUT2D eigenvalue weighted by molar-refractivity contribution is 0.0975. The molecule has 0 spiro atoms. The van der Waals surface area contributed by atoms with Crippen LogP contribution in [0.4, 0.5) is 5.69 Å².